The molecule has 1 aromatic heterocycles. The molecule has 0 saturated carbocycles. The molecule has 1 heterocycles. The van der Waals surface area contributed by atoms with Crippen molar-refractivity contribution in [3.63, 3.8) is 0 Å². The molecule has 0 bridgehead atoms. The number of carbonyl (C=O) groups is 1. The van der Waals surface area contributed by atoms with E-state index in [1.807, 2.05) is 53.1 Å². The molecule has 6 nitrogen and oxygen atoms in total. The molecule has 0 fully saturated rings. The lowest BCUT2D eigenvalue weighted by atomic mass is 9.98. The van der Waals surface area contributed by atoms with Crippen molar-refractivity contribution in [1.82, 2.24) is 9.88 Å². The highest BCUT2D eigenvalue weighted by Crippen LogP contribution is 2.33. The number of anilines is 1. The molecule has 1 aromatic carbocycles. The number of aromatic nitrogens is 1. The minimum Gasteiger partial charge on any atom is -0.496 e. The van der Waals surface area contributed by atoms with E-state index < -0.39 is 11.7 Å². The molecule has 162 valence electrons. The zero-order chi connectivity index (χ0) is 22.3. The number of hydrogen-bond donors (Lipinski definition) is 1. The average molecular weight is 412 g/mol. The molecule has 2 rings (SSSR count). The smallest absolute Gasteiger partial charge is 0.413 e. The van der Waals surface area contributed by atoms with Gasteiger partial charge in [-0.2, -0.15) is 0 Å². The van der Waals surface area contributed by atoms with Gasteiger partial charge in [0.05, 0.1) is 12.8 Å². The van der Waals surface area contributed by atoms with Crippen molar-refractivity contribution < 1.29 is 14.3 Å². The van der Waals surface area contributed by atoms with Crippen LogP contribution in [-0.2, 0) is 11.2 Å². The van der Waals surface area contributed by atoms with Crippen LogP contribution in [0.2, 0.25) is 0 Å². The van der Waals surface area contributed by atoms with Crippen molar-refractivity contribution in [2.24, 2.45) is 0 Å². The Kier molecular flexibility index (Phi) is 8.00. The summed E-state index contributed by atoms with van der Waals surface area (Å²) < 4.78 is 11.0. The van der Waals surface area contributed by atoms with Crippen LogP contribution in [0.5, 0.6) is 5.75 Å². The van der Waals surface area contributed by atoms with Gasteiger partial charge in [0, 0.05) is 12.1 Å². The number of carbonyl (C=O) groups excluding carboxylic acids is 1. The van der Waals surface area contributed by atoms with Gasteiger partial charge >= 0.3 is 6.09 Å². The van der Waals surface area contributed by atoms with E-state index in [1.165, 1.54) is 5.56 Å². The molecule has 30 heavy (non-hydrogen) atoms. The molecule has 0 radical (unpaired) electrons. The topological polar surface area (TPSA) is 63.7 Å². The Morgan fingerprint density at radius 2 is 1.97 bits per heavy atom. The van der Waals surface area contributed by atoms with Crippen LogP contribution >= 0.6 is 0 Å². The molecule has 0 atom stereocenters. The van der Waals surface area contributed by atoms with Gasteiger partial charge in [0.25, 0.3) is 0 Å². The Morgan fingerprint density at radius 1 is 1.23 bits per heavy atom. The van der Waals surface area contributed by atoms with Gasteiger partial charge in [-0.1, -0.05) is 25.1 Å². The molecular formula is C24H33N3O3. The molecule has 0 aliphatic carbocycles. The molecule has 1 N–H and O–H groups in total. The number of aryl methyl sites for hydroxylation is 1. The Hall–Kier alpha value is -2.86. The van der Waals surface area contributed by atoms with Crippen LogP contribution in [0.4, 0.5) is 10.6 Å². The van der Waals surface area contributed by atoms with Crippen LogP contribution in [-0.4, -0.2) is 49.3 Å². The largest absolute Gasteiger partial charge is 0.496 e. The first-order valence-electron chi connectivity index (χ1n) is 10.1. The van der Waals surface area contributed by atoms with Crippen LogP contribution in [0.25, 0.3) is 17.3 Å². The summed E-state index contributed by atoms with van der Waals surface area (Å²) in [5.74, 6) is 1.16. The molecular weight excluding hydrogens is 378 g/mol. The fourth-order valence-corrected chi connectivity index (χ4v) is 2.92. The zero-order valence-electron chi connectivity index (χ0n) is 19.1. The number of ether oxygens (including phenoxy) is 2. The van der Waals surface area contributed by atoms with Crippen molar-refractivity contribution in [2.45, 2.75) is 39.7 Å². The van der Waals surface area contributed by atoms with Crippen molar-refractivity contribution in [3.8, 4) is 17.0 Å². The van der Waals surface area contributed by atoms with Gasteiger partial charge < -0.3 is 14.4 Å². The second-order valence-corrected chi connectivity index (χ2v) is 8.30. The molecule has 0 saturated heterocycles. The van der Waals surface area contributed by atoms with Crippen molar-refractivity contribution in [1.29, 1.82) is 0 Å². The Balaban J connectivity index is 2.36. The summed E-state index contributed by atoms with van der Waals surface area (Å²) in [6.07, 6.45) is 4.61. The Labute approximate surface area is 179 Å². The molecule has 1 amide bonds. The fraction of sp³-hybridized carbons (Fsp3) is 0.417. The van der Waals surface area contributed by atoms with Gasteiger partial charge in [0.15, 0.2) is 0 Å². The third-order valence-corrected chi connectivity index (χ3v) is 4.26. The number of benzene rings is 1. The van der Waals surface area contributed by atoms with Gasteiger partial charge in [-0.3, -0.25) is 5.32 Å². The third-order valence-electron chi connectivity index (χ3n) is 4.26. The van der Waals surface area contributed by atoms with Gasteiger partial charge in [0.2, 0.25) is 0 Å². The SMILES string of the molecule is CCc1cc(-c2cccc(NC(=O)OC(C)(C)C)n2)c(OC)cc1C=CCN(C)C. The molecule has 0 spiro atoms. The standard InChI is InChI=1S/C24H33N3O3/c1-8-17-15-19(21(29-7)16-18(17)11-10-14-27(5)6)20-12-9-13-22(25-20)26-23(28)30-24(2,3)4/h9-13,15-16H,8,14H2,1-7H3,(H,25,26,28). The van der Waals surface area contributed by atoms with Gasteiger partial charge in [-0.25, -0.2) is 9.78 Å². The predicted molar refractivity (Wildman–Crippen MR) is 123 cm³/mol. The predicted octanol–water partition coefficient (Wildman–Crippen LogP) is 5.24. The van der Waals surface area contributed by atoms with E-state index in [9.17, 15) is 4.79 Å². The summed E-state index contributed by atoms with van der Waals surface area (Å²) in [5, 5.41) is 2.70. The maximum Gasteiger partial charge on any atom is 0.413 e. The first kappa shape index (κ1) is 23.4. The van der Waals surface area contributed by atoms with Crippen LogP contribution in [0.15, 0.2) is 36.4 Å². The fourth-order valence-electron chi connectivity index (χ4n) is 2.92. The number of nitrogens with zero attached hydrogens (tertiary/aromatic N) is 2. The highest BCUT2D eigenvalue weighted by molar-refractivity contribution is 5.84. The highest BCUT2D eigenvalue weighted by Gasteiger charge is 2.17. The monoisotopic (exact) mass is 411 g/mol. The van der Waals surface area contributed by atoms with Crippen LogP contribution in [0.1, 0.15) is 38.8 Å². The summed E-state index contributed by atoms with van der Waals surface area (Å²) in [4.78, 5) is 18.8. The lowest BCUT2D eigenvalue weighted by molar-refractivity contribution is 0.0635. The van der Waals surface area contributed by atoms with E-state index in [-0.39, 0.29) is 0 Å². The number of nitrogens with one attached hydrogen (secondary N) is 1. The zero-order valence-corrected chi connectivity index (χ0v) is 19.1. The van der Waals surface area contributed by atoms with Crippen LogP contribution < -0.4 is 10.1 Å². The summed E-state index contributed by atoms with van der Waals surface area (Å²) in [7, 11) is 5.73. The van der Waals surface area contributed by atoms with E-state index in [4.69, 9.17) is 9.47 Å². The number of pyridine rings is 1. The Morgan fingerprint density at radius 3 is 2.57 bits per heavy atom. The summed E-state index contributed by atoms with van der Waals surface area (Å²) in [6.45, 7) is 8.46. The molecule has 0 aliphatic heterocycles. The van der Waals surface area contributed by atoms with Crippen molar-refractivity contribution in [3.05, 3.63) is 47.5 Å². The van der Waals surface area contributed by atoms with Crippen LogP contribution in [0.3, 0.4) is 0 Å². The van der Waals surface area contributed by atoms with Crippen molar-refractivity contribution >= 4 is 18.0 Å². The number of rotatable bonds is 7. The minimum atomic E-state index is -0.573. The van der Waals surface area contributed by atoms with Gasteiger partial charge in [0.1, 0.15) is 17.2 Å². The normalized spacial score (nSPS) is 11.7. The maximum atomic E-state index is 12.1. The van der Waals surface area contributed by atoms with Crippen molar-refractivity contribution in [2.75, 3.05) is 33.1 Å². The molecule has 6 heteroatoms. The third kappa shape index (κ3) is 6.88. The van der Waals surface area contributed by atoms with E-state index in [1.54, 1.807) is 13.2 Å². The number of methoxy groups -OCH3 is 1. The van der Waals surface area contributed by atoms with Gasteiger partial charge in [-0.15, -0.1) is 0 Å². The summed E-state index contributed by atoms with van der Waals surface area (Å²) >= 11 is 0. The molecule has 0 aliphatic rings. The lowest BCUT2D eigenvalue weighted by Crippen LogP contribution is -2.27. The summed E-state index contributed by atoms with van der Waals surface area (Å²) in [5.41, 5.74) is 3.36. The first-order chi connectivity index (χ1) is 14.1. The summed E-state index contributed by atoms with van der Waals surface area (Å²) in [6, 6.07) is 9.63. The van der Waals surface area contributed by atoms with E-state index in [0.717, 1.165) is 35.5 Å². The Bertz CT molecular complexity index is 899. The number of hydrogen-bond acceptors (Lipinski definition) is 5. The molecule has 2 aromatic rings. The highest BCUT2D eigenvalue weighted by atomic mass is 16.6. The van der Waals surface area contributed by atoms with E-state index in [2.05, 4.69) is 40.3 Å². The average Bonchev–Trinajstić information content (AvgIpc) is 2.65. The second-order valence-electron chi connectivity index (χ2n) is 8.30. The van der Waals surface area contributed by atoms with E-state index >= 15 is 0 Å². The number of amides is 1. The van der Waals surface area contributed by atoms with Gasteiger partial charge in [-0.05, 0) is 76.7 Å². The molecule has 0 unspecified atom stereocenters. The lowest BCUT2D eigenvalue weighted by Gasteiger charge is -2.19. The maximum absolute atomic E-state index is 12.1. The van der Waals surface area contributed by atoms with E-state index in [0.29, 0.717) is 5.82 Å². The number of likely N-dealkylation sites (N-methyl/N-ethyl adjacent to an activating group) is 1. The van der Waals surface area contributed by atoms with Crippen LogP contribution in [0, 0.1) is 0 Å². The quantitative estimate of drug-likeness (QED) is 0.675. The first-order valence-corrected chi connectivity index (χ1v) is 10.1. The minimum absolute atomic E-state index is 0.428. The second kappa shape index (κ2) is 10.3.